The maximum absolute atomic E-state index is 12.6. The zero-order valence-electron chi connectivity index (χ0n) is 8.98. The largest absolute Gasteiger partial charge is 0.336 e. The first-order valence-electron chi connectivity index (χ1n) is 5.13. The lowest BCUT2D eigenvalue weighted by Crippen LogP contribution is -2.35. The van der Waals surface area contributed by atoms with Gasteiger partial charge in [-0.3, -0.25) is 9.69 Å². The maximum atomic E-state index is 12.6. The summed E-state index contributed by atoms with van der Waals surface area (Å²) in [4.78, 5) is 24.9. The van der Waals surface area contributed by atoms with Crippen LogP contribution in [0.15, 0.2) is 29.2 Å². The molecular formula is C11H11FN2O2S. The number of carbonyl (C=O) groups is 2. The molecular weight excluding hydrogens is 243 g/mol. The second-order valence-corrected chi connectivity index (χ2v) is 4.57. The first kappa shape index (κ1) is 11.9. The number of hydrogen-bond acceptors (Lipinski definition) is 3. The number of rotatable bonds is 3. The van der Waals surface area contributed by atoms with E-state index in [-0.39, 0.29) is 23.5 Å². The number of hydrogen-bond donors (Lipinski definition) is 1. The van der Waals surface area contributed by atoms with Gasteiger partial charge in [0.1, 0.15) is 5.82 Å². The fourth-order valence-electron chi connectivity index (χ4n) is 1.46. The van der Waals surface area contributed by atoms with Crippen LogP contribution in [0, 0.1) is 5.82 Å². The molecule has 1 N–H and O–H groups in total. The van der Waals surface area contributed by atoms with E-state index in [4.69, 9.17) is 0 Å². The molecule has 0 saturated carbocycles. The number of nitrogens with one attached hydrogen (secondary N) is 1. The molecule has 1 aliphatic rings. The minimum Gasteiger partial charge on any atom is -0.336 e. The zero-order valence-corrected chi connectivity index (χ0v) is 9.80. The van der Waals surface area contributed by atoms with Crippen molar-refractivity contribution in [3.8, 4) is 0 Å². The van der Waals surface area contributed by atoms with Crippen molar-refractivity contribution in [2.45, 2.75) is 4.90 Å². The Morgan fingerprint density at radius 1 is 1.41 bits per heavy atom. The molecule has 0 spiro atoms. The number of nitrogens with zero attached hydrogens (tertiary/aromatic N) is 1. The predicted molar refractivity (Wildman–Crippen MR) is 62.2 cm³/mol. The SMILES string of the molecule is O=C(CSc1ccc(F)cc1)N1CCNC1=O. The van der Waals surface area contributed by atoms with Gasteiger partial charge in [-0.2, -0.15) is 0 Å². The van der Waals surface area contributed by atoms with Crippen molar-refractivity contribution in [3.63, 3.8) is 0 Å². The van der Waals surface area contributed by atoms with Crippen LogP contribution in [0.1, 0.15) is 0 Å². The molecule has 90 valence electrons. The van der Waals surface area contributed by atoms with Gasteiger partial charge < -0.3 is 5.32 Å². The first-order chi connectivity index (χ1) is 8.16. The number of halogens is 1. The normalized spacial score (nSPS) is 14.9. The molecule has 0 aromatic heterocycles. The van der Waals surface area contributed by atoms with Gasteiger partial charge >= 0.3 is 6.03 Å². The molecule has 2 rings (SSSR count). The molecule has 0 radical (unpaired) electrons. The minimum absolute atomic E-state index is 0.180. The summed E-state index contributed by atoms with van der Waals surface area (Å²) in [6.07, 6.45) is 0. The molecule has 6 heteroatoms. The average Bonchev–Trinajstić information content (AvgIpc) is 2.74. The van der Waals surface area contributed by atoms with Gasteiger partial charge in [0.25, 0.3) is 0 Å². The maximum Gasteiger partial charge on any atom is 0.324 e. The number of imide groups is 1. The van der Waals surface area contributed by atoms with Crippen LogP contribution in [0.3, 0.4) is 0 Å². The Kier molecular flexibility index (Phi) is 3.63. The van der Waals surface area contributed by atoms with Gasteiger partial charge in [-0.25, -0.2) is 9.18 Å². The summed E-state index contributed by atoms with van der Waals surface area (Å²) in [5, 5.41) is 2.56. The van der Waals surface area contributed by atoms with Crippen LogP contribution in [0.2, 0.25) is 0 Å². The summed E-state index contributed by atoms with van der Waals surface area (Å²) in [5.74, 6) is -0.354. The van der Waals surface area contributed by atoms with Crippen molar-refractivity contribution in [1.82, 2.24) is 10.2 Å². The van der Waals surface area contributed by atoms with Crippen molar-refractivity contribution in [3.05, 3.63) is 30.1 Å². The lowest BCUT2D eigenvalue weighted by Gasteiger charge is -2.11. The Morgan fingerprint density at radius 2 is 2.12 bits per heavy atom. The highest BCUT2D eigenvalue weighted by Gasteiger charge is 2.25. The Bertz CT molecular complexity index is 436. The molecule has 1 aliphatic heterocycles. The number of benzene rings is 1. The molecule has 4 nitrogen and oxygen atoms in total. The average molecular weight is 254 g/mol. The summed E-state index contributed by atoms with van der Waals surface area (Å²) in [6, 6.07) is 5.56. The summed E-state index contributed by atoms with van der Waals surface area (Å²) < 4.78 is 12.6. The standard InChI is InChI=1S/C11H11FN2O2S/c12-8-1-3-9(4-2-8)17-7-10(15)14-6-5-13-11(14)16/h1-4H,5-7H2,(H,13,16). The van der Waals surface area contributed by atoms with Gasteiger partial charge in [0.05, 0.1) is 5.75 Å². The highest BCUT2D eigenvalue weighted by molar-refractivity contribution is 8.00. The molecule has 1 saturated heterocycles. The summed E-state index contributed by atoms with van der Waals surface area (Å²) in [6.45, 7) is 0.924. The molecule has 1 aromatic carbocycles. The third kappa shape index (κ3) is 2.97. The van der Waals surface area contributed by atoms with Gasteiger partial charge in [-0.1, -0.05) is 0 Å². The molecule has 0 aliphatic carbocycles. The van der Waals surface area contributed by atoms with Crippen molar-refractivity contribution in [1.29, 1.82) is 0 Å². The van der Waals surface area contributed by atoms with E-state index in [1.165, 1.54) is 28.8 Å². The van der Waals surface area contributed by atoms with E-state index in [1.807, 2.05) is 0 Å². The zero-order chi connectivity index (χ0) is 12.3. The minimum atomic E-state index is -0.338. The number of amides is 3. The van der Waals surface area contributed by atoms with Crippen molar-refractivity contribution < 1.29 is 14.0 Å². The summed E-state index contributed by atoms with van der Waals surface area (Å²) >= 11 is 1.29. The molecule has 3 amide bonds. The van der Waals surface area contributed by atoms with Gasteiger partial charge in [0.2, 0.25) is 5.91 Å². The van der Waals surface area contributed by atoms with Gasteiger partial charge in [-0.15, -0.1) is 11.8 Å². The summed E-state index contributed by atoms with van der Waals surface area (Å²) in [5.41, 5.74) is 0. The van der Waals surface area contributed by atoms with E-state index >= 15 is 0 Å². The van der Waals surface area contributed by atoms with E-state index in [0.717, 1.165) is 4.90 Å². The Labute approximate surface area is 102 Å². The van der Waals surface area contributed by atoms with Crippen LogP contribution in [0.5, 0.6) is 0 Å². The molecule has 17 heavy (non-hydrogen) atoms. The first-order valence-corrected chi connectivity index (χ1v) is 6.12. The molecule has 0 unspecified atom stereocenters. The quantitative estimate of drug-likeness (QED) is 0.831. The van der Waals surface area contributed by atoms with Crippen molar-refractivity contribution in [2.24, 2.45) is 0 Å². The van der Waals surface area contributed by atoms with Crippen molar-refractivity contribution >= 4 is 23.7 Å². The monoisotopic (exact) mass is 254 g/mol. The molecule has 1 aromatic rings. The van der Waals surface area contributed by atoms with E-state index < -0.39 is 0 Å². The lowest BCUT2D eigenvalue weighted by atomic mass is 10.4. The van der Waals surface area contributed by atoms with Crippen LogP contribution in [-0.4, -0.2) is 35.7 Å². The number of thioether (sulfide) groups is 1. The number of urea groups is 1. The predicted octanol–water partition coefficient (Wildman–Crippen LogP) is 1.47. The third-order valence-corrected chi connectivity index (χ3v) is 3.33. The number of carbonyl (C=O) groups excluding carboxylic acids is 2. The van der Waals surface area contributed by atoms with E-state index in [0.29, 0.717) is 13.1 Å². The Morgan fingerprint density at radius 3 is 2.71 bits per heavy atom. The smallest absolute Gasteiger partial charge is 0.324 e. The topological polar surface area (TPSA) is 49.4 Å². The Hall–Kier alpha value is -1.56. The highest BCUT2D eigenvalue weighted by Crippen LogP contribution is 2.18. The van der Waals surface area contributed by atoms with E-state index in [9.17, 15) is 14.0 Å². The highest BCUT2D eigenvalue weighted by atomic mass is 32.2. The molecule has 1 heterocycles. The molecule has 0 atom stereocenters. The second kappa shape index (κ2) is 5.18. The fourth-order valence-corrected chi connectivity index (χ4v) is 2.24. The van der Waals surface area contributed by atoms with Gasteiger partial charge in [-0.05, 0) is 24.3 Å². The van der Waals surface area contributed by atoms with Crippen LogP contribution >= 0.6 is 11.8 Å². The van der Waals surface area contributed by atoms with Crippen LogP contribution in [0.25, 0.3) is 0 Å². The van der Waals surface area contributed by atoms with Gasteiger partial charge in [0, 0.05) is 18.0 Å². The van der Waals surface area contributed by atoms with Crippen molar-refractivity contribution in [2.75, 3.05) is 18.8 Å². The van der Waals surface area contributed by atoms with Crippen LogP contribution in [0.4, 0.5) is 9.18 Å². The second-order valence-electron chi connectivity index (χ2n) is 3.52. The summed E-state index contributed by atoms with van der Waals surface area (Å²) in [7, 11) is 0. The van der Waals surface area contributed by atoms with Crippen LogP contribution in [-0.2, 0) is 4.79 Å². The molecule has 0 bridgehead atoms. The van der Waals surface area contributed by atoms with E-state index in [2.05, 4.69) is 5.32 Å². The third-order valence-electron chi connectivity index (χ3n) is 2.33. The van der Waals surface area contributed by atoms with Crippen LogP contribution < -0.4 is 5.32 Å². The fraction of sp³-hybridized carbons (Fsp3) is 0.273. The van der Waals surface area contributed by atoms with Gasteiger partial charge in [0.15, 0.2) is 0 Å². The molecule has 1 fully saturated rings. The Balaban J connectivity index is 1.87. The van der Waals surface area contributed by atoms with E-state index in [1.54, 1.807) is 12.1 Å². The lowest BCUT2D eigenvalue weighted by molar-refractivity contribution is -0.124.